The Morgan fingerprint density at radius 2 is 0.900 bits per heavy atom. The minimum Gasteiger partial charge on any atom is -0.394 e. The van der Waals surface area contributed by atoms with Crippen molar-refractivity contribution in [2.45, 2.75) is 306 Å². The number of allylic oxidation sites excluding steroid dienone is 3. The molecule has 2 rings (SSSR count). The fraction of sp³-hybridized carbons (Fsp3) is 0.911. The van der Waals surface area contributed by atoms with E-state index in [4.69, 9.17) is 18.9 Å². The molecule has 70 heavy (non-hydrogen) atoms. The molecule has 2 fully saturated rings. The van der Waals surface area contributed by atoms with Crippen LogP contribution in [0.25, 0.3) is 0 Å². The van der Waals surface area contributed by atoms with Gasteiger partial charge < -0.3 is 65.1 Å². The van der Waals surface area contributed by atoms with Gasteiger partial charge in [0, 0.05) is 6.42 Å². The Labute approximate surface area is 424 Å². The van der Waals surface area contributed by atoms with Crippen molar-refractivity contribution < 1.29 is 64.6 Å². The van der Waals surface area contributed by atoms with Gasteiger partial charge in [0.15, 0.2) is 12.6 Å². The van der Waals surface area contributed by atoms with Crippen molar-refractivity contribution in [2.24, 2.45) is 0 Å². The van der Waals surface area contributed by atoms with E-state index in [2.05, 4.69) is 31.3 Å². The van der Waals surface area contributed by atoms with Crippen LogP contribution < -0.4 is 5.32 Å². The van der Waals surface area contributed by atoms with Gasteiger partial charge in [-0.3, -0.25) is 4.79 Å². The van der Waals surface area contributed by atoms with Gasteiger partial charge in [-0.1, -0.05) is 205 Å². The Balaban J connectivity index is 1.67. The lowest BCUT2D eigenvalue weighted by Gasteiger charge is -2.46. The van der Waals surface area contributed by atoms with Gasteiger partial charge in [0.05, 0.1) is 32.0 Å². The first kappa shape index (κ1) is 64.6. The van der Waals surface area contributed by atoms with Gasteiger partial charge in [0.2, 0.25) is 5.91 Å². The maximum Gasteiger partial charge on any atom is 0.220 e. The highest BCUT2D eigenvalue weighted by molar-refractivity contribution is 5.76. The van der Waals surface area contributed by atoms with Crippen LogP contribution in [0.3, 0.4) is 0 Å². The summed E-state index contributed by atoms with van der Waals surface area (Å²) in [6.45, 7) is 2.76. The second-order valence-electron chi connectivity index (χ2n) is 20.4. The highest BCUT2D eigenvalue weighted by Crippen LogP contribution is 2.30. The zero-order chi connectivity index (χ0) is 51.0. The lowest BCUT2D eigenvalue weighted by Crippen LogP contribution is -2.65. The summed E-state index contributed by atoms with van der Waals surface area (Å²) in [5, 5.41) is 86.7. The number of nitrogens with one attached hydrogen (secondary N) is 1. The summed E-state index contributed by atoms with van der Waals surface area (Å²) in [6, 6.07) is -0.909. The summed E-state index contributed by atoms with van der Waals surface area (Å²) in [5.74, 6) is -0.240. The fourth-order valence-corrected chi connectivity index (χ4v) is 9.46. The standard InChI is InChI=1S/C56H105NO13/c1-3-5-7-9-11-13-14-15-16-17-18-19-20-21-22-23-24-25-26-27-28-29-30-32-34-36-38-40-48(61)57-44(45(60)39-37-35-33-31-12-10-8-6-4-2)43-67-55-53(66)51(64)54(47(42-59)69-55)70-56-52(65)50(63)49(62)46(41-58)68-56/h17-18,37,39,44-47,49-56,58-60,62-66H,3-16,19-36,38,40-43H2,1-2H3,(H,57,61)/b18-17-,39-37+. The second kappa shape index (κ2) is 42.8. The number of rotatable bonds is 45. The maximum absolute atomic E-state index is 13.2. The highest BCUT2D eigenvalue weighted by atomic mass is 16.7. The predicted molar refractivity (Wildman–Crippen MR) is 277 cm³/mol. The Morgan fingerprint density at radius 1 is 0.500 bits per heavy atom. The summed E-state index contributed by atoms with van der Waals surface area (Å²) in [4.78, 5) is 13.2. The highest BCUT2D eigenvalue weighted by Gasteiger charge is 2.51. The molecule has 12 atom stereocenters. The molecule has 9 N–H and O–H groups in total. The molecule has 0 aromatic rings. The molecule has 2 heterocycles. The first-order chi connectivity index (χ1) is 34.1. The number of unbranched alkanes of at least 4 members (excludes halogenated alkanes) is 30. The molecule has 0 aliphatic carbocycles. The second-order valence-corrected chi connectivity index (χ2v) is 20.4. The van der Waals surface area contributed by atoms with Crippen molar-refractivity contribution >= 4 is 5.91 Å². The van der Waals surface area contributed by atoms with Crippen molar-refractivity contribution in [1.82, 2.24) is 5.32 Å². The molecule has 0 aromatic heterocycles. The smallest absolute Gasteiger partial charge is 0.220 e. The zero-order valence-electron chi connectivity index (χ0n) is 44.0. The molecule has 12 unspecified atom stereocenters. The Kier molecular flexibility index (Phi) is 39.5. The van der Waals surface area contributed by atoms with Crippen LogP contribution in [-0.4, -0.2) is 140 Å². The van der Waals surface area contributed by atoms with E-state index in [1.807, 2.05) is 6.08 Å². The summed E-state index contributed by atoms with van der Waals surface area (Å²) in [5.41, 5.74) is 0. The zero-order valence-corrected chi connectivity index (χ0v) is 44.0. The summed E-state index contributed by atoms with van der Waals surface area (Å²) in [7, 11) is 0. The van der Waals surface area contributed by atoms with E-state index < -0.39 is 86.8 Å². The van der Waals surface area contributed by atoms with E-state index in [-0.39, 0.29) is 18.9 Å². The van der Waals surface area contributed by atoms with E-state index in [1.54, 1.807) is 6.08 Å². The molecule has 0 spiro atoms. The largest absolute Gasteiger partial charge is 0.394 e. The minimum atomic E-state index is -1.79. The molecule has 1 amide bonds. The third kappa shape index (κ3) is 28.8. The first-order valence-electron chi connectivity index (χ1n) is 28.6. The number of amides is 1. The number of carbonyl (C=O) groups is 1. The molecule has 412 valence electrons. The van der Waals surface area contributed by atoms with Crippen molar-refractivity contribution in [2.75, 3.05) is 19.8 Å². The Hall–Kier alpha value is -1.53. The van der Waals surface area contributed by atoms with Crippen LogP contribution in [0, 0.1) is 0 Å². The van der Waals surface area contributed by atoms with Crippen LogP contribution in [0.1, 0.15) is 232 Å². The van der Waals surface area contributed by atoms with Crippen LogP contribution in [0.5, 0.6) is 0 Å². The van der Waals surface area contributed by atoms with E-state index >= 15 is 0 Å². The lowest BCUT2D eigenvalue weighted by atomic mass is 9.97. The number of aliphatic hydroxyl groups excluding tert-OH is 8. The average Bonchev–Trinajstić information content (AvgIpc) is 3.36. The van der Waals surface area contributed by atoms with Crippen LogP contribution in [-0.2, 0) is 23.7 Å². The van der Waals surface area contributed by atoms with Crippen molar-refractivity contribution in [3.63, 3.8) is 0 Å². The number of aliphatic hydroxyl groups is 8. The lowest BCUT2D eigenvalue weighted by molar-refractivity contribution is -0.359. The molecule has 2 aliphatic heterocycles. The number of carbonyl (C=O) groups excluding carboxylic acids is 1. The van der Waals surface area contributed by atoms with Crippen LogP contribution in [0.15, 0.2) is 24.3 Å². The van der Waals surface area contributed by atoms with Crippen LogP contribution >= 0.6 is 0 Å². The summed E-state index contributed by atoms with van der Waals surface area (Å²) in [6.07, 6.45) is 32.5. The molecule has 2 saturated heterocycles. The molecular formula is C56H105NO13. The van der Waals surface area contributed by atoms with Gasteiger partial charge in [-0.25, -0.2) is 0 Å². The van der Waals surface area contributed by atoms with Crippen LogP contribution in [0.4, 0.5) is 0 Å². The molecule has 14 heteroatoms. The Bertz CT molecular complexity index is 1270. The van der Waals surface area contributed by atoms with E-state index in [1.165, 1.54) is 167 Å². The number of hydrogen-bond donors (Lipinski definition) is 9. The fourth-order valence-electron chi connectivity index (χ4n) is 9.46. The quantitative estimate of drug-likeness (QED) is 0.0205. The molecule has 0 aromatic carbocycles. The summed E-state index contributed by atoms with van der Waals surface area (Å²) >= 11 is 0. The molecule has 0 bridgehead atoms. The summed E-state index contributed by atoms with van der Waals surface area (Å²) < 4.78 is 22.7. The van der Waals surface area contributed by atoms with Gasteiger partial charge in [0.25, 0.3) is 0 Å². The topological polar surface area (TPSA) is 228 Å². The van der Waals surface area contributed by atoms with Gasteiger partial charge in [-0.15, -0.1) is 0 Å². The predicted octanol–water partition coefficient (Wildman–Crippen LogP) is 8.89. The first-order valence-corrected chi connectivity index (χ1v) is 28.6. The van der Waals surface area contributed by atoms with Gasteiger partial charge in [-0.05, 0) is 44.9 Å². The van der Waals surface area contributed by atoms with E-state index in [0.29, 0.717) is 6.42 Å². The minimum absolute atomic E-state index is 0.240. The van der Waals surface area contributed by atoms with Gasteiger partial charge in [0.1, 0.15) is 48.8 Å². The molecule has 2 aliphatic rings. The van der Waals surface area contributed by atoms with Gasteiger partial charge in [-0.2, -0.15) is 0 Å². The van der Waals surface area contributed by atoms with E-state index in [0.717, 1.165) is 38.5 Å². The Morgan fingerprint density at radius 3 is 1.36 bits per heavy atom. The van der Waals surface area contributed by atoms with E-state index in [9.17, 15) is 45.6 Å². The monoisotopic (exact) mass is 1000 g/mol. The third-order valence-electron chi connectivity index (χ3n) is 14.1. The third-order valence-corrected chi connectivity index (χ3v) is 14.1. The normalized spacial score (nSPS) is 26.1. The number of hydrogen-bond acceptors (Lipinski definition) is 13. The molecule has 14 nitrogen and oxygen atoms in total. The maximum atomic E-state index is 13.2. The van der Waals surface area contributed by atoms with Crippen molar-refractivity contribution in [3.8, 4) is 0 Å². The van der Waals surface area contributed by atoms with Crippen molar-refractivity contribution in [1.29, 1.82) is 0 Å². The van der Waals surface area contributed by atoms with Crippen LogP contribution in [0.2, 0.25) is 0 Å². The molecule has 0 saturated carbocycles. The average molecular weight is 1000 g/mol. The molecule has 0 radical (unpaired) electrons. The van der Waals surface area contributed by atoms with Gasteiger partial charge >= 0.3 is 0 Å². The number of ether oxygens (including phenoxy) is 4. The SMILES string of the molecule is CCCCCCCCC/C=C/C(O)C(COC1OC(CO)C(OC2OC(CO)C(O)C(O)C2O)C(O)C1O)NC(=O)CCCCCCCCCCCCCCCCC/C=C\CCCCCCCCCC. The molecular weight excluding hydrogens is 895 g/mol. The van der Waals surface area contributed by atoms with Crippen molar-refractivity contribution in [3.05, 3.63) is 24.3 Å².